The molecular weight excluding hydrogens is 366 g/mol. The van der Waals surface area contributed by atoms with E-state index in [1.807, 2.05) is 45.3 Å². The zero-order valence-corrected chi connectivity index (χ0v) is 16.5. The van der Waals surface area contributed by atoms with E-state index in [2.05, 4.69) is 15.1 Å². The molecule has 0 radical (unpaired) electrons. The van der Waals surface area contributed by atoms with E-state index in [0.717, 1.165) is 22.2 Å². The zero-order valence-electron chi connectivity index (χ0n) is 16.5. The standard InChI is InChI=1S/C22H21N5O2/c1-14(2)29-22-8-15(6-7-23-22)21(28)10-18-9-20-16(11-24-18)4-5-19(26-20)17-12-25-27(3)13-17/h4-9,11-14H,10H2,1-3H3. The van der Waals surface area contributed by atoms with E-state index in [1.165, 1.54) is 0 Å². The Morgan fingerprint density at radius 2 is 2.00 bits per heavy atom. The Labute approximate surface area is 168 Å². The minimum atomic E-state index is -0.0451. The number of pyridine rings is 3. The van der Waals surface area contributed by atoms with Gasteiger partial charge in [0.15, 0.2) is 5.78 Å². The quantitative estimate of drug-likeness (QED) is 0.470. The van der Waals surface area contributed by atoms with Crippen molar-refractivity contribution in [1.29, 1.82) is 0 Å². The van der Waals surface area contributed by atoms with Gasteiger partial charge in [-0.1, -0.05) is 0 Å². The fraction of sp³-hybridized carbons (Fsp3) is 0.227. The Bertz CT molecular complexity index is 1180. The van der Waals surface area contributed by atoms with Crippen LogP contribution in [0.4, 0.5) is 0 Å². The van der Waals surface area contributed by atoms with E-state index in [9.17, 15) is 4.79 Å². The predicted octanol–water partition coefficient (Wildman–Crippen LogP) is 3.64. The van der Waals surface area contributed by atoms with Gasteiger partial charge in [-0.15, -0.1) is 0 Å². The van der Waals surface area contributed by atoms with Gasteiger partial charge in [0.05, 0.1) is 35.6 Å². The molecule has 4 heterocycles. The lowest BCUT2D eigenvalue weighted by Gasteiger charge is -2.09. The Morgan fingerprint density at radius 3 is 2.76 bits per heavy atom. The minimum Gasteiger partial charge on any atom is -0.475 e. The van der Waals surface area contributed by atoms with Crippen molar-refractivity contribution >= 4 is 16.7 Å². The number of hydrogen-bond acceptors (Lipinski definition) is 6. The summed E-state index contributed by atoms with van der Waals surface area (Å²) in [4.78, 5) is 26.0. The molecular formula is C22H21N5O2. The van der Waals surface area contributed by atoms with E-state index in [4.69, 9.17) is 9.72 Å². The molecule has 0 bridgehead atoms. The van der Waals surface area contributed by atoms with E-state index < -0.39 is 0 Å². The first-order valence-electron chi connectivity index (χ1n) is 9.38. The van der Waals surface area contributed by atoms with Gasteiger partial charge in [0.1, 0.15) is 0 Å². The molecule has 0 amide bonds. The van der Waals surface area contributed by atoms with Crippen molar-refractivity contribution < 1.29 is 9.53 Å². The molecule has 0 aliphatic heterocycles. The Morgan fingerprint density at radius 1 is 1.14 bits per heavy atom. The van der Waals surface area contributed by atoms with Crippen molar-refractivity contribution in [2.24, 2.45) is 7.05 Å². The molecule has 0 saturated heterocycles. The lowest BCUT2D eigenvalue weighted by Crippen LogP contribution is -2.09. The van der Waals surface area contributed by atoms with Gasteiger partial charge in [0.2, 0.25) is 5.88 Å². The number of rotatable bonds is 6. The number of aryl methyl sites for hydroxylation is 1. The van der Waals surface area contributed by atoms with Crippen LogP contribution >= 0.6 is 0 Å². The van der Waals surface area contributed by atoms with Gasteiger partial charge >= 0.3 is 0 Å². The summed E-state index contributed by atoms with van der Waals surface area (Å²) in [6.45, 7) is 3.84. The SMILES string of the molecule is CC(C)Oc1cc(C(=O)Cc2cc3nc(-c4cnn(C)c4)ccc3cn2)ccn1. The van der Waals surface area contributed by atoms with E-state index in [-0.39, 0.29) is 18.3 Å². The van der Waals surface area contributed by atoms with Gasteiger partial charge in [-0.3, -0.25) is 14.5 Å². The van der Waals surface area contributed by atoms with Gasteiger partial charge < -0.3 is 4.74 Å². The molecule has 0 aliphatic carbocycles. The molecule has 4 rings (SSSR count). The summed E-state index contributed by atoms with van der Waals surface area (Å²) in [5.74, 6) is 0.399. The molecule has 29 heavy (non-hydrogen) atoms. The molecule has 0 saturated carbocycles. The second-order valence-electron chi connectivity index (χ2n) is 7.12. The highest BCUT2D eigenvalue weighted by Crippen LogP contribution is 2.21. The van der Waals surface area contributed by atoms with Crippen LogP contribution in [0.1, 0.15) is 29.9 Å². The number of aromatic nitrogens is 5. The van der Waals surface area contributed by atoms with Gasteiger partial charge in [0, 0.05) is 48.2 Å². The second kappa shape index (κ2) is 7.79. The highest BCUT2D eigenvalue weighted by Gasteiger charge is 2.12. The fourth-order valence-electron chi connectivity index (χ4n) is 3.02. The molecule has 7 heteroatoms. The molecule has 0 N–H and O–H groups in total. The summed E-state index contributed by atoms with van der Waals surface area (Å²) < 4.78 is 7.31. The molecule has 0 spiro atoms. The van der Waals surface area contributed by atoms with Gasteiger partial charge in [-0.25, -0.2) is 9.97 Å². The van der Waals surface area contributed by atoms with E-state index in [1.54, 1.807) is 35.4 Å². The first-order chi connectivity index (χ1) is 14.0. The number of nitrogens with zero attached hydrogens (tertiary/aromatic N) is 5. The first-order valence-corrected chi connectivity index (χ1v) is 9.38. The van der Waals surface area contributed by atoms with Gasteiger partial charge in [-0.05, 0) is 38.1 Å². The van der Waals surface area contributed by atoms with E-state index >= 15 is 0 Å². The smallest absolute Gasteiger partial charge is 0.214 e. The summed E-state index contributed by atoms with van der Waals surface area (Å²) in [5, 5.41) is 5.11. The van der Waals surface area contributed by atoms with Gasteiger partial charge in [-0.2, -0.15) is 5.10 Å². The molecule has 0 atom stereocenters. The highest BCUT2D eigenvalue weighted by atomic mass is 16.5. The summed E-state index contributed by atoms with van der Waals surface area (Å²) in [5.41, 5.74) is 3.79. The molecule has 7 nitrogen and oxygen atoms in total. The number of ether oxygens (including phenoxy) is 1. The number of carbonyl (C=O) groups excluding carboxylic acids is 1. The highest BCUT2D eigenvalue weighted by molar-refractivity contribution is 5.97. The van der Waals surface area contributed by atoms with Crippen LogP contribution in [-0.4, -0.2) is 36.6 Å². The third-order valence-corrected chi connectivity index (χ3v) is 4.39. The van der Waals surface area contributed by atoms with E-state index in [0.29, 0.717) is 17.1 Å². The average Bonchev–Trinajstić information content (AvgIpc) is 3.13. The number of Topliss-reactive ketones (excluding diaryl/α,β-unsaturated/α-hetero) is 1. The molecule has 4 aromatic heterocycles. The largest absolute Gasteiger partial charge is 0.475 e. The molecule has 0 aromatic carbocycles. The number of carbonyl (C=O) groups is 1. The lowest BCUT2D eigenvalue weighted by atomic mass is 10.1. The Hall–Kier alpha value is -3.61. The molecule has 4 aromatic rings. The monoisotopic (exact) mass is 387 g/mol. The van der Waals surface area contributed by atoms with Crippen LogP contribution in [0, 0.1) is 0 Å². The van der Waals surface area contributed by atoms with Crippen molar-refractivity contribution in [2.45, 2.75) is 26.4 Å². The van der Waals surface area contributed by atoms with Gasteiger partial charge in [0.25, 0.3) is 0 Å². The lowest BCUT2D eigenvalue weighted by molar-refractivity contribution is 0.0991. The van der Waals surface area contributed by atoms with Crippen LogP contribution in [0.5, 0.6) is 5.88 Å². The predicted molar refractivity (Wildman–Crippen MR) is 110 cm³/mol. The average molecular weight is 387 g/mol. The van der Waals surface area contributed by atoms with Crippen LogP contribution in [0.25, 0.3) is 22.2 Å². The maximum Gasteiger partial charge on any atom is 0.214 e. The Balaban J connectivity index is 1.58. The maximum absolute atomic E-state index is 12.7. The molecule has 0 unspecified atom stereocenters. The van der Waals surface area contributed by atoms with Crippen LogP contribution in [0.3, 0.4) is 0 Å². The van der Waals surface area contributed by atoms with Crippen molar-refractivity contribution in [1.82, 2.24) is 24.7 Å². The normalized spacial score (nSPS) is 11.2. The summed E-state index contributed by atoms with van der Waals surface area (Å²) in [6, 6.07) is 9.14. The zero-order chi connectivity index (χ0) is 20.4. The fourth-order valence-corrected chi connectivity index (χ4v) is 3.02. The van der Waals surface area contributed by atoms with Crippen LogP contribution < -0.4 is 4.74 Å². The number of fused-ring (bicyclic) bond motifs is 1. The first kappa shape index (κ1) is 18.7. The van der Waals surface area contributed by atoms with Crippen molar-refractivity contribution in [3.63, 3.8) is 0 Å². The topological polar surface area (TPSA) is 82.8 Å². The van der Waals surface area contributed by atoms with Crippen molar-refractivity contribution in [3.8, 4) is 17.1 Å². The summed E-state index contributed by atoms with van der Waals surface area (Å²) in [7, 11) is 1.87. The number of ketones is 1. The summed E-state index contributed by atoms with van der Waals surface area (Å²) in [6.07, 6.45) is 7.20. The second-order valence-corrected chi connectivity index (χ2v) is 7.12. The van der Waals surface area contributed by atoms with Crippen LogP contribution in [0.2, 0.25) is 0 Å². The van der Waals surface area contributed by atoms with Crippen molar-refractivity contribution in [3.05, 3.63) is 66.4 Å². The number of hydrogen-bond donors (Lipinski definition) is 0. The Kier molecular flexibility index (Phi) is 5.03. The molecule has 0 aliphatic rings. The third kappa shape index (κ3) is 4.29. The van der Waals surface area contributed by atoms with Crippen LogP contribution in [0.15, 0.2) is 55.1 Å². The molecule has 0 fully saturated rings. The van der Waals surface area contributed by atoms with Crippen molar-refractivity contribution in [2.75, 3.05) is 0 Å². The minimum absolute atomic E-state index is 0.00455. The summed E-state index contributed by atoms with van der Waals surface area (Å²) >= 11 is 0. The third-order valence-electron chi connectivity index (χ3n) is 4.39. The van der Waals surface area contributed by atoms with Crippen LogP contribution in [-0.2, 0) is 13.5 Å². The maximum atomic E-state index is 12.7. The molecule has 146 valence electrons.